The topological polar surface area (TPSA) is 153 Å². The third-order valence-electron chi connectivity index (χ3n) is 8.45. The van der Waals surface area contributed by atoms with Gasteiger partial charge in [-0.05, 0) is 40.8 Å². The summed E-state index contributed by atoms with van der Waals surface area (Å²) in [6, 6.07) is 8.09. The van der Waals surface area contributed by atoms with Crippen molar-refractivity contribution in [3.63, 3.8) is 0 Å². The number of fused-ring (bicyclic) bond motifs is 3. The molecular formula is C30H23BrN2O9. The van der Waals surface area contributed by atoms with Crippen LogP contribution in [0.3, 0.4) is 0 Å². The molecule has 42 heavy (non-hydrogen) atoms. The van der Waals surface area contributed by atoms with E-state index in [1.54, 1.807) is 0 Å². The summed E-state index contributed by atoms with van der Waals surface area (Å²) in [5, 5.41) is 21.7. The molecule has 1 fully saturated rings. The zero-order valence-electron chi connectivity index (χ0n) is 22.3. The lowest BCUT2D eigenvalue weighted by atomic mass is 9.59. The molecule has 0 aromatic heterocycles. The van der Waals surface area contributed by atoms with Gasteiger partial charge in [0.1, 0.15) is 17.2 Å². The zero-order chi connectivity index (χ0) is 30.0. The minimum absolute atomic E-state index is 0.0386. The van der Waals surface area contributed by atoms with Gasteiger partial charge >= 0.3 is 0 Å². The number of nitro groups is 1. The van der Waals surface area contributed by atoms with E-state index in [1.807, 2.05) is 6.08 Å². The number of non-ortho nitro benzene ring substituents is 1. The maximum atomic E-state index is 14.0. The number of ketones is 2. The van der Waals surface area contributed by atoms with Crippen molar-refractivity contribution in [2.45, 2.75) is 18.8 Å². The Morgan fingerprint density at radius 2 is 1.71 bits per heavy atom. The molecule has 2 aromatic carbocycles. The first kappa shape index (κ1) is 27.6. The Hall–Kier alpha value is -4.58. The van der Waals surface area contributed by atoms with Gasteiger partial charge in [-0.25, -0.2) is 4.90 Å². The number of phenols is 1. The van der Waals surface area contributed by atoms with E-state index >= 15 is 0 Å². The van der Waals surface area contributed by atoms with Gasteiger partial charge in [0.2, 0.25) is 11.8 Å². The van der Waals surface area contributed by atoms with Crippen LogP contribution in [-0.4, -0.2) is 47.6 Å². The number of rotatable bonds is 5. The lowest BCUT2D eigenvalue weighted by Gasteiger charge is -2.42. The average Bonchev–Trinajstić information content (AvgIpc) is 3.23. The van der Waals surface area contributed by atoms with Gasteiger partial charge in [-0.2, -0.15) is 0 Å². The summed E-state index contributed by atoms with van der Waals surface area (Å²) in [6.45, 7) is 0. The van der Waals surface area contributed by atoms with Crippen molar-refractivity contribution >= 4 is 50.7 Å². The van der Waals surface area contributed by atoms with Crippen LogP contribution in [0.4, 0.5) is 11.4 Å². The Balaban J connectivity index is 1.53. The number of phenolic OH excluding ortho intramolecular Hbond substituents is 1. The van der Waals surface area contributed by atoms with E-state index in [9.17, 15) is 34.4 Å². The van der Waals surface area contributed by atoms with Gasteiger partial charge < -0.3 is 14.6 Å². The monoisotopic (exact) mass is 634 g/mol. The second kappa shape index (κ2) is 10.1. The molecule has 0 radical (unpaired) electrons. The summed E-state index contributed by atoms with van der Waals surface area (Å²) < 4.78 is 11.3. The highest BCUT2D eigenvalue weighted by Crippen LogP contribution is 2.58. The maximum Gasteiger partial charge on any atom is 0.271 e. The number of Topliss-reactive ketones (excluding diaryl/α,β-unsaturated/α-hetero) is 1. The van der Waals surface area contributed by atoms with Crippen LogP contribution in [0.5, 0.6) is 17.2 Å². The smallest absolute Gasteiger partial charge is 0.271 e. The average molecular weight is 635 g/mol. The highest BCUT2D eigenvalue weighted by atomic mass is 79.9. The number of imide groups is 1. The van der Waals surface area contributed by atoms with E-state index in [4.69, 9.17) is 9.47 Å². The first-order valence-electron chi connectivity index (χ1n) is 13.0. The highest BCUT2D eigenvalue weighted by molar-refractivity contribution is 9.12. The molecule has 0 saturated carbocycles. The Morgan fingerprint density at radius 3 is 2.36 bits per heavy atom. The van der Waals surface area contributed by atoms with Gasteiger partial charge in [-0.15, -0.1) is 0 Å². The molecule has 4 atom stereocenters. The molecule has 214 valence electrons. The van der Waals surface area contributed by atoms with E-state index in [-0.39, 0.29) is 57.1 Å². The van der Waals surface area contributed by atoms with E-state index in [2.05, 4.69) is 15.9 Å². The number of carbonyl (C=O) groups is 4. The number of anilines is 1. The van der Waals surface area contributed by atoms with Crippen molar-refractivity contribution in [2.75, 3.05) is 19.1 Å². The number of allylic oxidation sites excluding steroid dienone is 6. The van der Waals surface area contributed by atoms with E-state index < -0.39 is 52.0 Å². The number of hydrogen-bond donors (Lipinski definition) is 1. The Morgan fingerprint density at radius 1 is 1.02 bits per heavy atom. The van der Waals surface area contributed by atoms with Crippen molar-refractivity contribution < 1.29 is 38.7 Å². The van der Waals surface area contributed by atoms with E-state index in [0.717, 1.165) is 4.90 Å². The number of amides is 2. The number of carbonyl (C=O) groups excluding carboxylic acids is 4. The molecule has 0 spiro atoms. The summed E-state index contributed by atoms with van der Waals surface area (Å²) in [7, 11) is 2.80. The Bertz CT molecular complexity index is 1700. The van der Waals surface area contributed by atoms with Crippen LogP contribution in [-0.2, 0) is 19.2 Å². The molecule has 2 amide bonds. The van der Waals surface area contributed by atoms with Crippen molar-refractivity contribution in [1.29, 1.82) is 0 Å². The second-order valence-electron chi connectivity index (χ2n) is 10.4. The number of ether oxygens (including phenoxy) is 2. The fourth-order valence-corrected chi connectivity index (χ4v) is 7.19. The molecular weight excluding hydrogens is 612 g/mol. The van der Waals surface area contributed by atoms with Gasteiger partial charge in [-0.3, -0.25) is 29.3 Å². The molecule has 0 bridgehead atoms. The van der Waals surface area contributed by atoms with Crippen molar-refractivity contribution in [1.82, 2.24) is 0 Å². The fraction of sp³-hybridized carbons (Fsp3) is 0.267. The molecule has 1 saturated heterocycles. The second-order valence-corrected chi connectivity index (χ2v) is 11.3. The summed E-state index contributed by atoms with van der Waals surface area (Å²) in [6.07, 6.45) is 3.26. The number of hydrogen-bond acceptors (Lipinski definition) is 9. The molecule has 3 aliphatic carbocycles. The SMILES string of the molecule is COc1cc(O)cc(OC)c1C1C2=CCC3C(=O)N(c4cccc([N+](=O)[O-])c4)C(=O)C3C2CC2=C1C(=O)C=C(Br)C2=O. The predicted molar refractivity (Wildman–Crippen MR) is 151 cm³/mol. The van der Waals surface area contributed by atoms with Crippen LogP contribution in [0.15, 0.2) is 69.8 Å². The van der Waals surface area contributed by atoms with Crippen LogP contribution in [0.2, 0.25) is 0 Å². The van der Waals surface area contributed by atoms with Gasteiger partial charge in [0.05, 0.1) is 41.1 Å². The normalized spacial score (nSPS) is 25.0. The van der Waals surface area contributed by atoms with Crippen molar-refractivity contribution in [2.24, 2.45) is 17.8 Å². The molecule has 2 aromatic rings. The molecule has 1 aliphatic heterocycles. The predicted octanol–water partition coefficient (Wildman–Crippen LogP) is 4.28. The lowest BCUT2D eigenvalue weighted by molar-refractivity contribution is -0.384. The van der Waals surface area contributed by atoms with Crippen molar-refractivity contribution in [3.8, 4) is 17.2 Å². The number of benzene rings is 2. The van der Waals surface area contributed by atoms with E-state index in [1.165, 1.54) is 56.7 Å². The number of nitro benzene ring substituents is 1. The third kappa shape index (κ3) is 4.00. The van der Waals surface area contributed by atoms with Gasteiger partial charge in [0.25, 0.3) is 5.69 Å². The van der Waals surface area contributed by atoms with Gasteiger partial charge in [0, 0.05) is 53.0 Å². The van der Waals surface area contributed by atoms with Crippen molar-refractivity contribution in [3.05, 3.63) is 85.4 Å². The minimum Gasteiger partial charge on any atom is -0.508 e. The summed E-state index contributed by atoms with van der Waals surface area (Å²) in [5.74, 6) is -4.67. The number of aromatic hydroxyl groups is 1. The van der Waals surface area contributed by atoms with Gasteiger partial charge in [0.15, 0.2) is 11.6 Å². The van der Waals surface area contributed by atoms with Gasteiger partial charge in [-0.1, -0.05) is 17.7 Å². The fourth-order valence-electron chi connectivity index (χ4n) is 6.75. The molecule has 6 rings (SSSR count). The first-order chi connectivity index (χ1) is 20.1. The standard InChI is InChI=1S/C30H23BrN2O9/c1-41-22-9-15(34)10-23(42-2)27(22)26-16-6-7-17-24(18(16)11-19-25(26)21(35)12-20(31)28(19)36)30(38)32(29(17)37)13-4-3-5-14(8-13)33(39)40/h3-6,8-10,12,17-18,24,26,34H,7,11H2,1-2H3. The first-order valence-corrected chi connectivity index (χ1v) is 13.8. The van der Waals surface area contributed by atoms with Crippen LogP contribution >= 0.6 is 15.9 Å². The molecule has 1 heterocycles. The van der Waals surface area contributed by atoms with Crippen LogP contribution in [0.25, 0.3) is 0 Å². The van der Waals surface area contributed by atoms with Crippen LogP contribution in [0.1, 0.15) is 24.3 Å². The summed E-state index contributed by atoms with van der Waals surface area (Å²) in [4.78, 5) is 66.4. The Labute approximate surface area is 247 Å². The highest BCUT2D eigenvalue weighted by Gasteiger charge is 2.57. The van der Waals surface area contributed by atoms with Crippen LogP contribution in [0, 0.1) is 27.9 Å². The molecule has 1 N–H and O–H groups in total. The Kier molecular flexibility index (Phi) is 6.60. The quantitative estimate of drug-likeness (QED) is 0.167. The maximum absolute atomic E-state index is 14.0. The number of methoxy groups -OCH3 is 2. The molecule has 4 aliphatic rings. The van der Waals surface area contributed by atoms with E-state index in [0.29, 0.717) is 11.1 Å². The van der Waals surface area contributed by atoms with Crippen LogP contribution < -0.4 is 14.4 Å². The molecule has 4 unspecified atom stereocenters. The summed E-state index contributed by atoms with van der Waals surface area (Å²) in [5.41, 5.74) is 1.33. The molecule has 12 heteroatoms. The molecule has 11 nitrogen and oxygen atoms in total. The lowest BCUT2D eigenvalue weighted by Crippen LogP contribution is -2.39. The number of halogens is 1. The largest absolute Gasteiger partial charge is 0.508 e. The third-order valence-corrected chi connectivity index (χ3v) is 9.04. The summed E-state index contributed by atoms with van der Waals surface area (Å²) >= 11 is 3.20. The minimum atomic E-state index is -0.880. The number of nitrogens with zero attached hydrogens (tertiary/aromatic N) is 2. The zero-order valence-corrected chi connectivity index (χ0v) is 23.9.